The summed E-state index contributed by atoms with van der Waals surface area (Å²) in [6.45, 7) is 1.23. The summed E-state index contributed by atoms with van der Waals surface area (Å²) in [4.78, 5) is 11.7. The number of hydrogen-bond acceptors (Lipinski definition) is 5. The van der Waals surface area contributed by atoms with Gasteiger partial charge in [0.2, 0.25) is 10.0 Å². The standard InChI is InChI=1S/C15H15Cl2NO5S/c1-2-22-15(19)10-18(9-11-4-3-7-23-11)24(20,21)12-5-6-13(16)14(17)8-12/h3-8H,2,9-10H2,1H3. The van der Waals surface area contributed by atoms with E-state index in [9.17, 15) is 13.2 Å². The number of halogens is 2. The summed E-state index contributed by atoms with van der Waals surface area (Å²) in [5.74, 6) is -0.268. The van der Waals surface area contributed by atoms with Gasteiger partial charge < -0.3 is 9.15 Å². The van der Waals surface area contributed by atoms with E-state index < -0.39 is 22.5 Å². The van der Waals surface area contributed by atoms with E-state index in [1.54, 1.807) is 19.1 Å². The largest absolute Gasteiger partial charge is 0.468 e. The molecule has 0 radical (unpaired) electrons. The molecule has 0 aliphatic rings. The molecule has 0 saturated heterocycles. The van der Waals surface area contributed by atoms with Crippen LogP contribution in [0.5, 0.6) is 0 Å². The predicted octanol–water partition coefficient (Wildman–Crippen LogP) is 3.34. The maximum Gasteiger partial charge on any atom is 0.321 e. The molecule has 0 N–H and O–H groups in total. The molecule has 0 unspecified atom stereocenters. The molecule has 1 aromatic carbocycles. The maximum atomic E-state index is 12.8. The van der Waals surface area contributed by atoms with Gasteiger partial charge in [0, 0.05) is 0 Å². The summed E-state index contributed by atoms with van der Waals surface area (Å²) in [5.41, 5.74) is 0. The van der Waals surface area contributed by atoms with Crippen molar-refractivity contribution in [2.45, 2.75) is 18.4 Å². The molecule has 0 amide bonds. The number of rotatable bonds is 7. The fraction of sp³-hybridized carbons (Fsp3) is 0.267. The second kappa shape index (κ2) is 8.02. The van der Waals surface area contributed by atoms with E-state index in [0.717, 1.165) is 4.31 Å². The molecule has 0 fully saturated rings. The van der Waals surface area contributed by atoms with Gasteiger partial charge in [-0.15, -0.1) is 0 Å². The second-order valence-corrected chi connectivity index (χ2v) is 7.49. The quantitative estimate of drug-likeness (QED) is 0.676. The molecule has 0 atom stereocenters. The van der Waals surface area contributed by atoms with E-state index in [4.69, 9.17) is 32.4 Å². The van der Waals surface area contributed by atoms with Gasteiger partial charge in [0.05, 0.1) is 34.4 Å². The Labute approximate surface area is 150 Å². The fourth-order valence-electron chi connectivity index (χ4n) is 1.94. The number of carbonyl (C=O) groups is 1. The Balaban J connectivity index is 2.35. The lowest BCUT2D eigenvalue weighted by molar-refractivity contribution is -0.143. The highest BCUT2D eigenvalue weighted by atomic mass is 35.5. The minimum absolute atomic E-state index is 0.0762. The Morgan fingerprint density at radius 1 is 1.25 bits per heavy atom. The molecule has 0 aliphatic carbocycles. The second-order valence-electron chi connectivity index (χ2n) is 4.73. The van der Waals surface area contributed by atoms with Crippen molar-refractivity contribution in [3.8, 4) is 0 Å². The SMILES string of the molecule is CCOC(=O)CN(Cc1ccco1)S(=O)(=O)c1ccc(Cl)c(Cl)c1. The number of nitrogens with zero attached hydrogens (tertiary/aromatic N) is 1. The predicted molar refractivity (Wildman–Crippen MR) is 89.4 cm³/mol. The van der Waals surface area contributed by atoms with Crippen LogP contribution in [0.2, 0.25) is 10.0 Å². The normalized spacial score (nSPS) is 11.7. The number of hydrogen-bond donors (Lipinski definition) is 0. The monoisotopic (exact) mass is 391 g/mol. The van der Waals surface area contributed by atoms with Crippen LogP contribution in [-0.2, 0) is 26.1 Å². The van der Waals surface area contributed by atoms with Crippen LogP contribution in [0.15, 0.2) is 45.9 Å². The van der Waals surface area contributed by atoms with Gasteiger partial charge in [0.25, 0.3) is 0 Å². The number of benzene rings is 1. The molecule has 0 spiro atoms. The number of sulfonamides is 1. The van der Waals surface area contributed by atoms with Crippen molar-refractivity contribution in [2.75, 3.05) is 13.2 Å². The molecule has 0 bridgehead atoms. The Bertz CT molecular complexity index is 805. The summed E-state index contributed by atoms with van der Waals surface area (Å²) in [6.07, 6.45) is 1.42. The van der Waals surface area contributed by atoms with E-state index in [0.29, 0.717) is 5.76 Å². The first-order valence-electron chi connectivity index (χ1n) is 6.97. The smallest absolute Gasteiger partial charge is 0.321 e. The Morgan fingerprint density at radius 2 is 2.00 bits per heavy atom. The van der Waals surface area contributed by atoms with Gasteiger partial charge in [-0.3, -0.25) is 4.79 Å². The number of ether oxygens (including phenoxy) is 1. The average Bonchev–Trinajstić information content (AvgIpc) is 3.02. The van der Waals surface area contributed by atoms with Gasteiger partial charge in [-0.25, -0.2) is 8.42 Å². The van der Waals surface area contributed by atoms with Crippen LogP contribution in [-0.4, -0.2) is 31.8 Å². The van der Waals surface area contributed by atoms with Crippen LogP contribution in [0.3, 0.4) is 0 Å². The molecular formula is C15H15Cl2NO5S. The maximum absolute atomic E-state index is 12.8. The summed E-state index contributed by atoms with van der Waals surface area (Å²) < 4.78 is 36.7. The highest BCUT2D eigenvalue weighted by Crippen LogP contribution is 2.27. The zero-order chi connectivity index (χ0) is 17.7. The molecular weight excluding hydrogens is 377 g/mol. The minimum Gasteiger partial charge on any atom is -0.468 e. The summed E-state index contributed by atoms with van der Waals surface area (Å²) in [5, 5.41) is 0.338. The number of esters is 1. The van der Waals surface area contributed by atoms with E-state index >= 15 is 0 Å². The lowest BCUT2D eigenvalue weighted by Crippen LogP contribution is -2.36. The van der Waals surface area contributed by atoms with Crippen LogP contribution < -0.4 is 0 Å². The molecule has 24 heavy (non-hydrogen) atoms. The molecule has 1 heterocycles. The Morgan fingerprint density at radius 3 is 2.58 bits per heavy atom. The third-order valence-electron chi connectivity index (χ3n) is 3.05. The zero-order valence-corrected chi connectivity index (χ0v) is 15.1. The molecule has 130 valence electrons. The van der Waals surface area contributed by atoms with Crippen molar-refractivity contribution in [3.05, 3.63) is 52.4 Å². The van der Waals surface area contributed by atoms with Crippen molar-refractivity contribution in [1.82, 2.24) is 4.31 Å². The summed E-state index contributed by atoms with van der Waals surface area (Å²) >= 11 is 11.7. The lowest BCUT2D eigenvalue weighted by Gasteiger charge is -2.20. The lowest BCUT2D eigenvalue weighted by atomic mass is 10.4. The van der Waals surface area contributed by atoms with E-state index in [-0.39, 0.29) is 28.1 Å². The molecule has 2 aromatic rings. The minimum atomic E-state index is -4.00. The van der Waals surface area contributed by atoms with Crippen molar-refractivity contribution >= 4 is 39.2 Å². The van der Waals surface area contributed by atoms with Crippen LogP contribution in [0.4, 0.5) is 0 Å². The summed E-state index contributed by atoms with van der Waals surface area (Å²) in [6, 6.07) is 7.18. The molecule has 2 rings (SSSR count). The zero-order valence-electron chi connectivity index (χ0n) is 12.7. The Kier molecular flexibility index (Phi) is 6.28. The third-order valence-corrected chi connectivity index (χ3v) is 5.58. The molecule has 9 heteroatoms. The van der Waals surface area contributed by atoms with E-state index in [1.807, 2.05) is 0 Å². The van der Waals surface area contributed by atoms with Crippen molar-refractivity contribution < 1.29 is 22.4 Å². The number of furan rings is 1. The van der Waals surface area contributed by atoms with E-state index in [2.05, 4.69) is 0 Å². The van der Waals surface area contributed by atoms with Crippen LogP contribution >= 0.6 is 23.2 Å². The van der Waals surface area contributed by atoms with Crippen molar-refractivity contribution in [1.29, 1.82) is 0 Å². The topological polar surface area (TPSA) is 76.8 Å². The van der Waals surface area contributed by atoms with Gasteiger partial charge in [-0.1, -0.05) is 23.2 Å². The first kappa shape index (κ1) is 18.8. The third kappa shape index (κ3) is 4.51. The van der Waals surface area contributed by atoms with Gasteiger partial charge in [0.1, 0.15) is 12.3 Å². The van der Waals surface area contributed by atoms with Crippen LogP contribution in [0.1, 0.15) is 12.7 Å². The van der Waals surface area contributed by atoms with E-state index in [1.165, 1.54) is 24.5 Å². The molecule has 0 aliphatic heterocycles. The first-order valence-corrected chi connectivity index (χ1v) is 9.17. The molecule has 6 nitrogen and oxygen atoms in total. The highest BCUT2D eigenvalue weighted by molar-refractivity contribution is 7.89. The average molecular weight is 392 g/mol. The molecule has 0 saturated carbocycles. The first-order chi connectivity index (χ1) is 11.3. The fourth-order valence-corrected chi connectivity index (χ4v) is 3.68. The summed E-state index contributed by atoms with van der Waals surface area (Å²) in [7, 11) is -4.00. The van der Waals surface area contributed by atoms with Gasteiger partial charge >= 0.3 is 5.97 Å². The number of carbonyl (C=O) groups excluding carboxylic acids is 1. The Hall–Kier alpha value is -1.54. The van der Waals surface area contributed by atoms with Gasteiger partial charge in [-0.05, 0) is 37.3 Å². The van der Waals surface area contributed by atoms with Gasteiger partial charge in [0.15, 0.2) is 0 Å². The van der Waals surface area contributed by atoms with Crippen molar-refractivity contribution in [2.24, 2.45) is 0 Å². The van der Waals surface area contributed by atoms with Crippen LogP contribution in [0, 0.1) is 0 Å². The molecule has 1 aromatic heterocycles. The van der Waals surface area contributed by atoms with Crippen LogP contribution in [0.25, 0.3) is 0 Å². The van der Waals surface area contributed by atoms with Gasteiger partial charge in [-0.2, -0.15) is 4.31 Å². The highest BCUT2D eigenvalue weighted by Gasteiger charge is 2.28. The van der Waals surface area contributed by atoms with Crippen molar-refractivity contribution in [3.63, 3.8) is 0 Å².